The Morgan fingerprint density at radius 3 is 2.35 bits per heavy atom. The van der Waals surface area contributed by atoms with Crippen LogP contribution in [0.1, 0.15) is 31.0 Å². The Balaban J connectivity index is 1.69. The molecule has 2 aliphatic heterocycles. The second-order valence-electron chi connectivity index (χ2n) is 9.62. The molecule has 2 amide bonds. The Hall–Kier alpha value is -3.42. The molecule has 2 aromatic rings. The van der Waals surface area contributed by atoms with E-state index in [1.165, 1.54) is 46.6 Å². The second kappa shape index (κ2) is 11.6. The van der Waals surface area contributed by atoms with Crippen LogP contribution in [0.25, 0.3) is 0 Å². The first kappa shape index (κ1) is 29.6. The van der Waals surface area contributed by atoms with E-state index in [-0.39, 0.29) is 54.5 Å². The zero-order valence-corrected chi connectivity index (χ0v) is 23.1. The molecule has 0 aromatic heterocycles. The molecular formula is C27H31F3N4O5S. The number of rotatable bonds is 7. The molecule has 9 nitrogen and oxygen atoms in total. The molecule has 4 rings (SSSR count). The minimum atomic E-state index is -4.72. The Morgan fingerprint density at radius 2 is 1.73 bits per heavy atom. The fraction of sp³-hybridized carbons (Fsp3) is 0.407. The molecule has 2 atom stereocenters. The van der Waals surface area contributed by atoms with E-state index in [0.717, 1.165) is 6.07 Å². The molecule has 40 heavy (non-hydrogen) atoms. The van der Waals surface area contributed by atoms with Crippen molar-refractivity contribution in [3.05, 3.63) is 77.0 Å². The van der Waals surface area contributed by atoms with Gasteiger partial charge in [0.15, 0.2) is 0 Å². The summed E-state index contributed by atoms with van der Waals surface area (Å²) >= 11 is 0. The number of halogens is 3. The zero-order valence-electron chi connectivity index (χ0n) is 22.3. The van der Waals surface area contributed by atoms with Gasteiger partial charge in [0, 0.05) is 45.0 Å². The summed E-state index contributed by atoms with van der Waals surface area (Å²) in [6, 6.07) is 10.3. The predicted octanol–water partition coefficient (Wildman–Crippen LogP) is 3.61. The summed E-state index contributed by atoms with van der Waals surface area (Å²) in [7, 11) is -2.32. The number of benzene rings is 2. The summed E-state index contributed by atoms with van der Waals surface area (Å²) in [6.45, 7) is 4.03. The molecule has 0 aliphatic carbocycles. The first-order valence-electron chi connectivity index (χ1n) is 12.8. The maximum absolute atomic E-state index is 13.9. The normalized spacial score (nSPS) is 21.4. The number of esters is 1. The minimum absolute atomic E-state index is 0.0199. The number of nitrogens with one attached hydrogen (secondary N) is 1. The number of ether oxygens (including phenoxy) is 1. The van der Waals surface area contributed by atoms with Crippen LogP contribution in [0.5, 0.6) is 0 Å². The number of hydrogen-bond acceptors (Lipinski definition) is 6. The third-order valence-corrected chi connectivity index (χ3v) is 9.05. The molecule has 1 N–H and O–H groups in total. The Morgan fingerprint density at radius 1 is 1.07 bits per heavy atom. The van der Waals surface area contributed by atoms with Crippen molar-refractivity contribution in [2.75, 3.05) is 39.8 Å². The van der Waals surface area contributed by atoms with Gasteiger partial charge < -0.3 is 10.1 Å². The van der Waals surface area contributed by atoms with E-state index in [4.69, 9.17) is 4.74 Å². The summed E-state index contributed by atoms with van der Waals surface area (Å²) in [6.07, 6.45) is -4.72. The largest absolute Gasteiger partial charge is 0.463 e. The van der Waals surface area contributed by atoms with Crippen LogP contribution in [0.4, 0.5) is 18.0 Å². The lowest BCUT2D eigenvalue weighted by atomic mass is 9.90. The lowest BCUT2D eigenvalue weighted by Gasteiger charge is -2.41. The first-order valence-corrected chi connectivity index (χ1v) is 14.2. The average molecular weight is 581 g/mol. The topological polar surface area (TPSA) is 99.3 Å². The molecule has 2 aromatic carbocycles. The second-order valence-corrected chi connectivity index (χ2v) is 11.5. The molecule has 216 valence electrons. The number of amides is 2. The summed E-state index contributed by atoms with van der Waals surface area (Å²) < 4.78 is 74.7. The van der Waals surface area contributed by atoms with E-state index < -0.39 is 45.8 Å². The van der Waals surface area contributed by atoms with Gasteiger partial charge in [-0.25, -0.2) is 18.0 Å². The van der Waals surface area contributed by atoms with Gasteiger partial charge in [-0.3, -0.25) is 9.80 Å². The third-order valence-electron chi connectivity index (χ3n) is 7.02. The maximum Gasteiger partial charge on any atom is 0.416 e. The molecule has 2 aliphatic rings. The number of sulfonamides is 1. The fourth-order valence-electron chi connectivity index (χ4n) is 5.09. The van der Waals surface area contributed by atoms with Crippen LogP contribution in [-0.2, 0) is 25.7 Å². The Bertz CT molecular complexity index is 1400. The predicted molar refractivity (Wildman–Crippen MR) is 140 cm³/mol. The van der Waals surface area contributed by atoms with Gasteiger partial charge in [0.1, 0.15) is 0 Å². The number of carbonyl (C=O) groups excluding carboxylic acids is 2. The molecule has 1 fully saturated rings. The molecule has 2 heterocycles. The van der Waals surface area contributed by atoms with Gasteiger partial charge in [-0.2, -0.15) is 17.5 Å². The van der Waals surface area contributed by atoms with Gasteiger partial charge in [0.25, 0.3) is 0 Å². The van der Waals surface area contributed by atoms with Gasteiger partial charge in [-0.15, -0.1) is 0 Å². The number of alkyl halides is 3. The smallest absolute Gasteiger partial charge is 0.416 e. The quantitative estimate of drug-likeness (QED) is 0.503. The lowest BCUT2D eigenvalue weighted by Crippen LogP contribution is -2.56. The molecule has 13 heteroatoms. The highest BCUT2D eigenvalue weighted by atomic mass is 32.2. The lowest BCUT2D eigenvalue weighted by molar-refractivity contribution is -0.141. The number of hydrogen-bond donors (Lipinski definition) is 1. The third kappa shape index (κ3) is 5.86. The minimum Gasteiger partial charge on any atom is -0.463 e. The molecule has 0 saturated carbocycles. The van der Waals surface area contributed by atoms with E-state index in [2.05, 4.69) is 5.32 Å². The number of piperazine rings is 1. The van der Waals surface area contributed by atoms with Crippen molar-refractivity contribution < 1.29 is 35.9 Å². The monoisotopic (exact) mass is 580 g/mol. The maximum atomic E-state index is 13.9. The van der Waals surface area contributed by atoms with Crippen LogP contribution in [0.2, 0.25) is 0 Å². The van der Waals surface area contributed by atoms with Crippen molar-refractivity contribution >= 4 is 22.0 Å². The molecular weight excluding hydrogens is 549 g/mol. The van der Waals surface area contributed by atoms with E-state index in [0.29, 0.717) is 0 Å². The van der Waals surface area contributed by atoms with Crippen LogP contribution >= 0.6 is 0 Å². The van der Waals surface area contributed by atoms with Crippen molar-refractivity contribution in [1.29, 1.82) is 0 Å². The molecule has 1 saturated heterocycles. The van der Waals surface area contributed by atoms with Crippen molar-refractivity contribution in [2.45, 2.75) is 37.0 Å². The van der Waals surface area contributed by atoms with Crippen LogP contribution in [-0.4, -0.2) is 80.4 Å². The van der Waals surface area contributed by atoms with Gasteiger partial charge in [-0.1, -0.05) is 36.4 Å². The average Bonchev–Trinajstić information content (AvgIpc) is 2.91. The van der Waals surface area contributed by atoms with Gasteiger partial charge in [-0.05, 0) is 37.6 Å². The first-order chi connectivity index (χ1) is 18.9. The van der Waals surface area contributed by atoms with Gasteiger partial charge in [0.05, 0.1) is 28.7 Å². The molecule has 0 bridgehead atoms. The molecule has 0 spiro atoms. The highest BCUT2D eigenvalue weighted by Crippen LogP contribution is 2.39. The number of nitrogens with zero attached hydrogens (tertiary/aromatic N) is 3. The number of urea groups is 1. The standard InChI is InChI=1S/C27H31F3N4O5S/c1-4-39-25(35)23-22(32(3)26(36)31-24(23)20-12-8-9-13-21(20)27(28,29)30)17-33-14-15-34(18(2)16-33)40(37,38)19-10-6-5-7-11-19/h5-13,18,24H,4,14-17H2,1-3H3,(H,31,36)/t18-,24+/m0/s1. The highest BCUT2D eigenvalue weighted by Gasteiger charge is 2.43. The van der Waals surface area contributed by atoms with Crippen molar-refractivity contribution in [3.63, 3.8) is 0 Å². The van der Waals surface area contributed by atoms with Crippen LogP contribution in [0, 0.1) is 0 Å². The van der Waals surface area contributed by atoms with Crippen molar-refractivity contribution in [2.24, 2.45) is 0 Å². The fourth-order valence-corrected chi connectivity index (χ4v) is 6.73. The number of likely N-dealkylation sites (N-methyl/N-ethyl adjacent to an activating group) is 1. The Kier molecular flexibility index (Phi) is 8.57. The molecule has 0 radical (unpaired) electrons. The summed E-state index contributed by atoms with van der Waals surface area (Å²) in [5.41, 5.74) is -1.16. The SMILES string of the molecule is CCOC(=O)C1=C(CN2CCN(S(=O)(=O)c3ccccc3)[C@@H](C)C2)N(C)C(=O)N[C@@H]1c1ccccc1C(F)(F)F. The van der Waals surface area contributed by atoms with Gasteiger partial charge >= 0.3 is 18.2 Å². The van der Waals surface area contributed by atoms with E-state index in [1.807, 2.05) is 4.90 Å². The van der Waals surface area contributed by atoms with Crippen molar-refractivity contribution in [1.82, 2.24) is 19.4 Å². The van der Waals surface area contributed by atoms with E-state index >= 15 is 0 Å². The van der Waals surface area contributed by atoms with Crippen LogP contribution in [0.15, 0.2) is 70.8 Å². The van der Waals surface area contributed by atoms with E-state index in [9.17, 15) is 31.2 Å². The van der Waals surface area contributed by atoms with E-state index in [1.54, 1.807) is 32.0 Å². The van der Waals surface area contributed by atoms with Crippen molar-refractivity contribution in [3.8, 4) is 0 Å². The number of carbonyl (C=O) groups is 2. The highest BCUT2D eigenvalue weighted by molar-refractivity contribution is 7.89. The zero-order chi connectivity index (χ0) is 29.2. The summed E-state index contributed by atoms with van der Waals surface area (Å²) in [5.74, 6) is -0.843. The Labute approximate surface area is 231 Å². The summed E-state index contributed by atoms with van der Waals surface area (Å²) in [4.78, 5) is 29.4. The van der Waals surface area contributed by atoms with Crippen LogP contribution in [0.3, 0.4) is 0 Å². The van der Waals surface area contributed by atoms with Gasteiger partial charge in [0.2, 0.25) is 10.0 Å². The summed E-state index contributed by atoms with van der Waals surface area (Å²) in [5, 5.41) is 2.53. The van der Waals surface area contributed by atoms with Crippen LogP contribution < -0.4 is 5.32 Å². The molecule has 0 unspecified atom stereocenters.